The minimum atomic E-state index is 0.0485. The van der Waals surface area contributed by atoms with Gasteiger partial charge in [0.1, 0.15) is 0 Å². The zero-order chi connectivity index (χ0) is 14.5. The Hall–Kier alpha value is -1.42. The highest BCUT2D eigenvalue weighted by molar-refractivity contribution is 7.80. The van der Waals surface area contributed by atoms with Gasteiger partial charge in [0, 0.05) is 11.6 Å². The number of nitrogens with two attached hydrogens (primary N) is 1. The van der Waals surface area contributed by atoms with Crippen molar-refractivity contribution in [2.24, 2.45) is 5.73 Å². The monoisotopic (exact) mass is 290 g/mol. The number of hydrogen-bond donors (Lipinski definition) is 1. The highest BCUT2D eigenvalue weighted by atomic mass is 32.1. The second kappa shape index (κ2) is 6.84. The van der Waals surface area contributed by atoms with E-state index in [1.54, 1.807) is 0 Å². The van der Waals surface area contributed by atoms with E-state index in [0.717, 1.165) is 24.8 Å². The molecular formula is C16H22N2OS. The summed E-state index contributed by atoms with van der Waals surface area (Å²) in [6.07, 6.45) is 5.46. The van der Waals surface area contributed by atoms with Gasteiger partial charge in [-0.25, -0.2) is 0 Å². The van der Waals surface area contributed by atoms with Crippen molar-refractivity contribution in [1.82, 2.24) is 4.90 Å². The molecule has 3 nitrogen and oxygen atoms in total. The van der Waals surface area contributed by atoms with Crippen LogP contribution in [0.25, 0.3) is 0 Å². The van der Waals surface area contributed by atoms with Crippen LogP contribution in [-0.4, -0.2) is 28.4 Å². The van der Waals surface area contributed by atoms with E-state index in [2.05, 4.69) is 6.92 Å². The van der Waals surface area contributed by atoms with Crippen molar-refractivity contribution in [3.8, 4) is 0 Å². The Bertz CT molecular complexity index is 478. The first kappa shape index (κ1) is 15.0. The van der Waals surface area contributed by atoms with Crippen molar-refractivity contribution in [3.63, 3.8) is 0 Å². The predicted octanol–water partition coefficient (Wildman–Crippen LogP) is 2.92. The van der Waals surface area contributed by atoms with E-state index in [0.29, 0.717) is 11.5 Å². The number of carbonyl (C=O) groups is 1. The maximum absolute atomic E-state index is 12.7. The number of benzene rings is 1. The topological polar surface area (TPSA) is 46.3 Å². The molecular weight excluding hydrogens is 268 g/mol. The molecule has 0 atom stereocenters. The van der Waals surface area contributed by atoms with Crippen molar-refractivity contribution in [3.05, 3.63) is 35.4 Å². The van der Waals surface area contributed by atoms with Gasteiger partial charge in [-0.3, -0.25) is 4.79 Å². The van der Waals surface area contributed by atoms with Gasteiger partial charge in [-0.15, -0.1) is 0 Å². The van der Waals surface area contributed by atoms with Crippen molar-refractivity contribution in [2.75, 3.05) is 6.54 Å². The second-order valence-corrected chi connectivity index (χ2v) is 5.91. The van der Waals surface area contributed by atoms with Crippen LogP contribution in [0, 0.1) is 0 Å². The van der Waals surface area contributed by atoms with E-state index in [1.807, 2.05) is 29.2 Å². The second-order valence-electron chi connectivity index (χ2n) is 5.39. The molecule has 2 rings (SSSR count). The summed E-state index contributed by atoms with van der Waals surface area (Å²) in [5, 5.41) is 0. The predicted molar refractivity (Wildman–Crippen MR) is 85.9 cm³/mol. The van der Waals surface area contributed by atoms with Gasteiger partial charge >= 0.3 is 0 Å². The molecule has 0 heterocycles. The number of amides is 1. The van der Waals surface area contributed by atoms with Crippen molar-refractivity contribution < 1.29 is 4.79 Å². The molecule has 1 aliphatic carbocycles. The van der Waals surface area contributed by atoms with Gasteiger partial charge in [-0.05, 0) is 37.0 Å². The summed E-state index contributed by atoms with van der Waals surface area (Å²) in [7, 11) is 0. The third-order valence-corrected chi connectivity index (χ3v) is 4.09. The van der Waals surface area contributed by atoms with E-state index in [-0.39, 0.29) is 11.9 Å². The SMILES string of the molecule is CCc1ccc(C(=O)N(CC(N)=S)C2CCCC2)cc1. The summed E-state index contributed by atoms with van der Waals surface area (Å²) in [6, 6.07) is 8.13. The van der Waals surface area contributed by atoms with Gasteiger partial charge in [-0.1, -0.05) is 44.1 Å². The molecule has 0 spiro atoms. The maximum Gasteiger partial charge on any atom is 0.254 e. The van der Waals surface area contributed by atoms with Crippen molar-refractivity contribution >= 4 is 23.1 Å². The Kier molecular flexibility index (Phi) is 5.12. The summed E-state index contributed by atoms with van der Waals surface area (Å²) in [6.45, 7) is 2.49. The Labute approximate surface area is 126 Å². The molecule has 1 aromatic carbocycles. The highest BCUT2D eigenvalue weighted by Gasteiger charge is 2.27. The third kappa shape index (κ3) is 3.57. The largest absolute Gasteiger partial charge is 0.392 e. The molecule has 108 valence electrons. The third-order valence-electron chi connectivity index (χ3n) is 3.96. The van der Waals surface area contributed by atoms with Gasteiger partial charge in [0.15, 0.2) is 0 Å². The fourth-order valence-electron chi connectivity index (χ4n) is 2.80. The maximum atomic E-state index is 12.7. The first-order valence-electron chi connectivity index (χ1n) is 7.30. The zero-order valence-corrected chi connectivity index (χ0v) is 12.8. The smallest absolute Gasteiger partial charge is 0.254 e. The van der Waals surface area contributed by atoms with Gasteiger partial charge < -0.3 is 10.6 Å². The van der Waals surface area contributed by atoms with Gasteiger partial charge in [0.05, 0.1) is 11.5 Å². The van der Waals surface area contributed by atoms with Gasteiger partial charge in [-0.2, -0.15) is 0 Å². The van der Waals surface area contributed by atoms with Gasteiger partial charge in [0.25, 0.3) is 5.91 Å². The average molecular weight is 290 g/mol. The lowest BCUT2D eigenvalue weighted by atomic mass is 10.1. The normalized spacial score (nSPS) is 15.2. The first-order chi connectivity index (χ1) is 9.61. The Morgan fingerprint density at radius 1 is 1.30 bits per heavy atom. The van der Waals surface area contributed by atoms with Crippen LogP contribution in [0.5, 0.6) is 0 Å². The van der Waals surface area contributed by atoms with Crippen LogP contribution in [0.3, 0.4) is 0 Å². The molecule has 0 radical (unpaired) electrons. The standard InChI is InChI=1S/C16H22N2OS/c1-2-12-7-9-13(10-8-12)16(19)18(11-15(17)20)14-5-3-4-6-14/h7-10,14H,2-6,11H2,1H3,(H2,17,20). The molecule has 1 fully saturated rings. The Morgan fingerprint density at radius 2 is 1.90 bits per heavy atom. The molecule has 1 aliphatic rings. The Morgan fingerprint density at radius 3 is 2.40 bits per heavy atom. The summed E-state index contributed by atoms with van der Waals surface area (Å²) >= 11 is 5.00. The summed E-state index contributed by atoms with van der Waals surface area (Å²) < 4.78 is 0. The molecule has 1 amide bonds. The molecule has 0 aliphatic heterocycles. The van der Waals surface area contributed by atoms with E-state index in [9.17, 15) is 4.79 Å². The van der Waals surface area contributed by atoms with Crippen LogP contribution < -0.4 is 5.73 Å². The molecule has 0 unspecified atom stereocenters. The van der Waals surface area contributed by atoms with Crippen LogP contribution in [-0.2, 0) is 6.42 Å². The molecule has 20 heavy (non-hydrogen) atoms. The van der Waals surface area contributed by atoms with Crippen LogP contribution in [0.2, 0.25) is 0 Å². The summed E-state index contributed by atoms with van der Waals surface area (Å²) in [4.78, 5) is 14.9. The van der Waals surface area contributed by atoms with Crippen molar-refractivity contribution in [2.45, 2.75) is 45.1 Å². The van der Waals surface area contributed by atoms with E-state index in [4.69, 9.17) is 18.0 Å². The number of carbonyl (C=O) groups excluding carboxylic acids is 1. The van der Waals surface area contributed by atoms with Crippen LogP contribution in [0.4, 0.5) is 0 Å². The zero-order valence-electron chi connectivity index (χ0n) is 12.0. The quantitative estimate of drug-likeness (QED) is 0.848. The van der Waals surface area contributed by atoms with Crippen LogP contribution >= 0.6 is 12.2 Å². The molecule has 2 N–H and O–H groups in total. The van der Waals surface area contributed by atoms with Gasteiger partial charge in [0.2, 0.25) is 0 Å². The average Bonchev–Trinajstić information content (AvgIpc) is 2.98. The number of thiocarbonyl (C=S) groups is 1. The number of hydrogen-bond acceptors (Lipinski definition) is 2. The van der Waals surface area contributed by atoms with Crippen LogP contribution in [0.15, 0.2) is 24.3 Å². The van der Waals surface area contributed by atoms with Crippen molar-refractivity contribution in [1.29, 1.82) is 0 Å². The fourth-order valence-corrected chi connectivity index (χ4v) is 2.94. The number of nitrogens with zero attached hydrogens (tertiary/aromatic N) is 1. The fraction of sp³-hybridized carbons (Fsp3) is 0.500. The molecule has 1 aromatic rings. The first-order valence-corrected chi connectivity index (χ1v) is 7.71. The van der Waals surface area contributed by atoms with E-state index >= 15 is 0 Å². The molecule has 4 heteroatoms. The number of aryl methyl sites for hydroxylation is 1. The van der Waals surface area contributed by atoms with Crippen LogP contribution in [0.1, 0.15) is 48.5 Å². The summed E-state index contributed by atoms with van der Waals surface area (Å²) in [5.41, 5.74) is 7.63. The lowest BCUT2D eigenvalue weighted by molar-refractivity contribution is 0.0714. The minimum Gasteiger partial charge on any atom is -0.392 e. The Balaban J connectivity index is 2.17. The molecule has 0 bridgehead atoms. The minimum absolute atomic E-state index is 0.0485. The van der Waals surface area contributed by atoms with E-state index < -0.39 is 0 Å². The molecule has 0 aromatic heterocycles. The molecule has 1 saturated carbocycles. The lowest BCUT2D eigenvalue weighted by Gasteiger charge is -2.28. The molecule has 0 saturated heterocycles. The summed E-state index contributed by atoms with van der Waals surface area (Å²) in [5.74, 6) is 0.0485. The number of rotatable bonds is 5. The highest BCUT2D eigenvalue weighted by Crippen LogP contribution is 2.25. The lowest BCUT2D eigenvalue weighted by Crippen LogP contribution is -2.43. The van der Waals surface area contributed by atoms with E-state index in [1.165, 1.54) is 18.4 Å².